The number of rotatable bonds is 3. The van der Waals surface area contributed by atoms with Gasteiger partial charge in [0.25, 0.3) is 0 Å². The lowest BCUT2D eigenvalue weighted by Gasteiger charge is -2.05. The molecular formula is C15H11NO3S. The van der Waals surface area contributed by atoms with Crippen molar-refractivity contribution in [2.75, 3.05) is 5.32 Å². The largest absolute Gasteiger partial charge is 0.464 e. The maximum absolute atomic E-state index is 11.9. The summed E-state index contributed by atoms with van der Waals surface area (Å²) in [6, 6.07) is 10.2. The zero-order chi connectivity index (χ0) is 13.9. The van der Waals surface area contributed by atoms with Gasteiger partial charge < -0.3 is 9.73 Å². The number of benzene rings is 1. The first-order chi connectivity index (χ1) is 9.72. The number of thiophene rings is 1. The van der Waals surface area contributed by atoms with E-state index in [1.165, 1.54) is 12.3 Å². The first-order valence-corrected chi connectivity index (χ1v) is 6.94. The summed E-state index contributed by atoms with van der Waals surface area (Å²) in [7, 11) is 0. The highest BCUT2D eigenvalue weighted by Crippen LogP contribution is 2.17. The average molecular weight is 285 g/mol. The molecule has 3 aromatic rings. The predicted molar refractivity (Wildman–Crippen MR) is 79.1 cm³/mol. The molecule has 4 nitrogen and oxygen atoms in total. The Bertz CT molecular complexity index is 805. The molecule has 100 valence electrons. The van der Waals surface area contributed by atoms with E-state index in [4.69, 9.17) is 4.42 Å². The Hall–Kier alpha value is -2.40. The van der Waals surface area contributed by atoms with Crippen molar-refractivity contribution in [1.82, 2.24) is 0 Å². The molecule has 1 amide bonds. The molecule has 0 aliphatic rings. The Balaban J connectivity index is 1.82. The van der Waals surface area contributed by atoms with Crippen molar-refractivity contribution < 1.29 is 9.21 Å². The zero-order valence-corrected chi connectivity index (χ0v) is 11.3. The highest BCUT2D eigenvalue weighted by atomic mass is 32.1. The number of anilines is 1. The fraction of sp³-hybridized carbons (Fsp3) is 0.0667. The number of carbonyl (C=O) groups is 1. The van der Waals surface area contributed by atoms with Gasteiger partial charge in [-0.2, -0.15) is 0 Å². The van der Waals surface area contributed by atoms with Gasteiger partial charge in [-0.05, 0) is 29.6 Å². The third-order valence-corrected chi connectivity index (χ3v) is 3.73. The molecule has 2 aromatic heterocycles. The highest BCUT2D eigenvalue weighted by molar-refractivity contribution is 7.10. The monoisotopic (exact) mass is 285 g/mol. The molecule has 0 unspecified atom stereocenters. The number of amides is 1. The van der Waals surface area contributed by atoms with Gasteiger partial charge >= 0.3 is 0 Å². The lowest BCUT2D eigenvalue weighted by atomic mass is 10.2. The van der Waals surface area contributed by atoms with E-state index >= 15 is 0 Å². The lowest BCUT2D eigenvalue weighted by molar-refractivity contribution is -0.115. The third kappa shape index (κ3) is 2.62. The Labute approximate surface area is 118 Å². The van der Waals surface area contributed by atoms with Crippen molar-refractivity contribution in [2.24, 2.45) is 0 Å². The standard InChI is InChI=1S/C15H11NO3S/c17-13-5-6-19-14-4-3-10(8-12(13)14)16-15(18)9-11-2-1-7-20-11/h1-8H,9H2,(H,16,18). The lowest BCUT2D eigenvalue weighted by Crippen LogP contribution is -2.14. The van der Waals surface area contributed by atoms with E-state index in [9.17, 15) is 9.59 Å². The molecule has 5 heteroatoms. The SMILES string of the molecule is O=C(Cc1cccs1)Nc1ccc2occc(=O)c2c1. The van der Waals surface area contributed by atoms with Crippen LogP contribution in [-0.2, 0) is 11.2 Å². The van der Waals surface area contributed by atoms with E-state index in [2.05, 4.69) is 5.32 Å². The van der Waals surface area contributed by atoms with Crippen molar-refractivity contribution in [3.8, 4) is 0 Å². The van der Waals surface area contributed by atoms with Crippen LogP contribution in [0.2, 0.25) is 0 Å². The number of hydrogen-bond acceptors (Lipinski definition) is 4. The molecule has 0 saturated carbocycles. The van der Waals surface area contributed by atoms with Crippen LogP contribution in [0.1, 0.15) is 4.88 Å². The van der Waals surface area contributed by atoms with Crippen LogP contribution in [0.25, 0.3) is 11.0 Å². The van der Waals surface area contributed by atoms with Crippen LogP contribution >= 0.6 is 11.3 Å². The predicted octanol–water partition coefficient (Wildman–Crippen LogP) is 3.04. The summed E-state index contributed by atoms with van der Waals surface area (Å²) in [5.41, 5.74) is 0.979. The fourth-order valence-corrected chi connectivity index (χ4v) is 2.64. The van der Waals surface area contributed by atoms with E-state index in [0.29, 0.717) is 23.1 Å². The Morgan fingerprint density at radius 2 is 2.15 bits per heavy atom. The average Bonchev–Trinajstić information content (AvgIpc) is 2.92. The minimum absolute atomic E-state index is 0.105. The smallest absolute Gasteiger partial charge is 0.229 e. The van der Waals surface area contributed by atoms with Gasteiger partial charge in [0.1, 0.15) is 5.58 Å². The molecule has 1 aromatic carbocycles. The van der Waals surface area contributed by atoms with Gasteiger partial charge in [0, 0.05) is 16.6 Å². The van der Waals surface area contributed by atoms with Crippen LogP contribution in [0.3, 0.4) is 0 Å². The third-order valence-electron chi connectivity index (χ3n) is 2.86. The number of hydrogen-bond donors (Lipinski definition) is 1. The van der Waals surface area contributed by atoms with E-state index < -0.39 is 0 Å². The van der Waals surface area contributed by atoms with Crippen molar-refractivity contribution >= 4 is 33.9 Å². The van der Waals surface area contributed by atoms with Gasteiger partial charge in [-0.25, -0.2) is 0 Å². The fourth-order valence-electron chi connectivity index (χ4n) is 1.94. The highest BCUT2D eigenvalue weighted by Gasteiger charge is 2.07. The minimum Gasteiger partial charge on any atom is -0.464 e. The summed E-state index contributed by atoms with van der Waals surface area (Å²) in [5.74, 6) is -0.105. The Kier molecular flexibility index (Phi) is 3.35. The van der Waals surface area contributed by atoms with Gasteiger partial charge in [0.05, 0.1) is 18.1 Å². The summed E-state index contributed by atoms with van der Waals surface area (Å²) in [5, 5.41) is 5.18. The van der Waals surface area contributed by atoms with Crippen LogP contribution in [0.15, 0.2) is 57.3 Å². The molecule has 2 heterocycles. The quantitative estimate of drug-likeness (QED) is 0.804. The zero-order valence-electron chi connectivity index (χ0n) is 10.5. The molecule has 0 spiro atoms. The molecule has 0 aliphatic heterocycles. The molecule has 0 saturated heterocycles. The molecule has 3 rings (SSSR count). The first-order valence-electron chi connectivity index (χ1n) is 6.06. The summed E-state index contributed by atoms with van der Waals surface area (Å²) >= 11 is 1.54. The second-order valence-electron chi connectivity index (χ2n) is 4.30. The van der Waals surface area contributed by atoms with E-state index in [-0.39, 0.29) is 11.3 Å². The molecule has 0 fully saturated rings. The topological polar surface area (TPSA) is 59.3 Å². The molecule has 20 heavy (non-hydrogen) atoms. The normalized spacial score (nSPS) is 10.6. The van der Waals surface area contributed by atoms with Gasteiger partial charge in [-0.1, -0.05) is 6.07 Å². The van der Waals surface area contributed by atoms with Gasteiger partial charge in [0.15, 0.2) is 5.43 Å². The summed E-state index contributed by atoms with van der Waals surface area (Å²) in [6.07, 6.45) is 1.69. The molecular weight excluding hydrogens is 274 g/mol. The van der Waals surface area contributed by atoms with Crippen LogP contribution in [0.4, 0.5) is 5.69 Å². The minimum atomic E-state index is -0.124. The van der Waals surface area contributed by atoms with E-state index in [0.717, 1.165) is 4.88 Å². The van der Waals surface area contributed by atoms with Gasteiger partial charge in [-0.15, -0.1) is 11.3 Å². The summed E-state index contributed by atoms with van der Waals surface area (Å²) in [4.78, 5) is 24.6. The number of carbonyl (C=O) groups excluding carboxylic acids is 1. The molecule has 0 radical (unpaired) electrons. The van der Waals surface area contributed by atoms with Crippen LogP contribution < -0.4 is 10.7 Å². The number of nitrogens with one attached hydrogen (secondary N) is 1. The maximum Gasteiger partial charge on any atom is 0.229 e. The van der Waals surface area contributed by atoms with Crippen molar-refractivity contribution in [3.05, 3.63) is 63.1 Å². The first kappa shape index (κ1) is 12.6. The second kappa shape index (κ2) is 5.30. The summed E-state index contributed by atoms with van der Waals surface area (Å²) < 4.78 is 5.23. The van der Waals surface area contributed by atoms with Gasteiger partial charge in [-0.3, -0.25) is 9.59 Å². The van der Waals surface area contributed by atoms with Gasteiger partial charge in [0.2, 0.25) is 5.91 Å². The van der Waals surface area contributed by atoms with Crippen molar-refractivity contribution in [2.45, 2.75) is 6.42 Å². The van der Waals surface area contributed by atoms with Crippen molar-refractivity contribution in [3.63, 3.8) is 0 Å². The number of fused-ring (bicyclic) bond motifs is 1. The summed E-state index contributed by atoms with van der Waals surface area (Å²) in [6.45, 7) is 0. The van der Waals surface area contributed by atoms with Crippen molar-refractivity contribution in [1.29, 1.82) is 0 Å². The van der Waals surface area contributed by atoms with E-state index in [1.807, 2.05) is 17.5 Å². The second-order valence-corrected chi connectivity index (χ2v) is 5.33. The van der Waals surface area contributed by atoms with E-state index in [1.54, 1.807) is 29.5 Å². The van der Waals surface area contributed by atoms with Crippen LogP contribution in [-0.4, -0.2) is 5.91 Å². The maximum atomic E-state index is 11.9. The Morgan fingerprint density at radius 1 is 1.25 bits per heavy atom. The molecule has 0 atom stereocenters. The molecule has 0 bridgehead atoms. The molecule has 0 aliphatic carbocycles. The Morgan fingerprint density at radius 3 is 2.95 bits per heavy atom. The molecule has 1 N–H and O–H groups in total. The van der Waals surface area contributed by atoms with Crippen LogP contribution in [0.5, 0.6) is 0 Å². The van der Waals surface area contributed by atoms with Crippen LogP contribution in [0, 0.1) is 0 Å².